The first kappa shape index (κ1) is 26.6. The molecule has 176 valence electrons. The molecule has 2 heterocycles. The van der Waals surface area contributed by atoms with Gasteiger partial charge in [0.2, 0.25) is 0 Å². The molecule has 2 aromatic heterocycles. The fraction of sp³-hybridized carbons (Fsp3) is 0.538. The number of carbonyl (C=O) groups excluding carboxylic acids is 1. The smallest absolute Gasteiger partial charge is 0.270 e. The second-order valence-electron chi connectivity index (χ2n) is 9.45. The second kappa shape index (κ2) is 12.5. The maximum Gasteiger partial charge on any atom is 0.270 e. The maximum atomic E-state index is 12.8. The number of aromatic nitrogens is 2. The van der Waals surface area contributed by atoms with E-state index in [9.17, 15) is 4.79 Å². The molecule has 6 heteroatoms. The highest BCUT2D eigenvalue weighted by Gasteiger charge is 2.17. The average molecular weight is 551 g/mol. The van der Waals surface area contributed by atoms with Crippen LogP contribution in [0.5, 0.6) is 0 Å². The van der Waals surface area contributed by atoms with Crippen molar-refractivity contribution in [3.8, 4) is 0 Å². The Morgan fingerprint density at radius 2 is 1.69 bits per heavy atom. The Morgan fingerprint density at radius 3 is 2.44 bits per heavy atom. The van der Waals surface area contributed by atoms with Crippen molar-refractivity contribution in [2.75, 3.05) is 33.7 Å². The monoisotopic (exact) mass is 550 g/mol. The van der Waals surface area contributed by atoms with Gasteiger partial charge >= 0.3 is 0 Å². The van der Waals surface area contributed by atoms with Gasteiger partial charge in [-0.3, -0.25) is 4.79 Å². The molecule has 0 bridgehead atoms. The molecule has 3 rings (SSSR count). The van der Waals surface area contributed by atoms with Crippen molar-refractivity contribution in [2.24, 2.45) is 0 Å². The van der Waals surface area contributed by atoms with Crippen LogP contribution in [0, 0.1) is 6.92 Å². The van der Waals surface area contributed by atoms with Crippen LogP contribution in [-0.4, -0.2) is 54.1 Å². The summed E-state index contributed by atoms with van der Waals surface area (Å²) >= 11 is 0. The number of quaternary nitrogens is 1. The molecular weight excluding hydrogens is 511 g/mol. The lowest BCUT2D eigenvalue weighted by atomic mass is 10.1. The van der Waals surface area contributed by atoms with E-state index in [1.54, 1.807) is 0 Å². The van der Waals surface area contributed by atoms with E-state index >= 15 is 0 Å². The number of H-pyrrole nitrogens is 1. The second-order valence-corrected chi connectivity index (χ2v) is 9.45. The number of pyridine rings is 1. The SMILES string of the molecule is CCCCCCCCC[N+](C)(C)CCNC(=O)c1cc2c([nH]c3ccccc32)c(C)n1.[I-]. The van der Waals surface area contributed by atoms with Crippen LogP contribution in [0.15, 0.2) is 30.3 Å². The highest BCUT2D eigenvalue weighted by molar-refractivity contribution is 6.10. The number of amides is 1. The molecule has 32 heavy (non-hydrogen) atoms. The summed E-state index contributed by atoms with van der Waals surface area (Å²) in [6.45, 7) is 6.96. The number of unbranched alkanes of at least 4 members (excludes halogenated alkanes) is 6. The number of nitrogens with zero attached hydrogens (tertiary/aromatic N) is 2. The van der Waals surface area contributed by atoms with Gasteiger partial charge in [0.25, 0.3) is 5.91 Å². The zero-order valence-corrected chi connectivity index (χ0v) is 22.3. The largest absolute Gasteiger partial charge is 1.00 e. The van der Waals surface area contributed by atoms with Crippen LogP contribution >= 0.6 is 0 Å². The van der Waals surface area contributed by atoms with Gasteiger partial charge in [0.05, 0.1) is 44.9 Å². The molecule has 0 saturated carbocycles. The third kappa shape index (κ3) is 7.17. The van der Waals surface area contributed by atoms with Gasteiger partial charge in [0.15, 0.2) is 0 Å². The van der Waals surface area contributed by atoms with Gasteiger partial charge in [0.1, 0.15) is 5.69 Å². The van der Waals surface area contributed by atoms with E-state index < -0.39 is 0 Å². The van der Waals surface area contributed by atoms with Crippen molar-refractivity contribution in [3.63, 3.8) is 0 Å². The minimum atomic E-state index is -0.0915. The highest BCUT2D eigenvalue weighted by atomic mass is 127. The molecular formula is C26H39IN4O. The van der Waals surface area contributed by atoms with Crippen molar-refractivity contribution in [2.45, 2.75) is 58.8 Å². The predicted octanol–water partition coefficient (Wildman–Crippen LogP) is 2.59. The topological polar surface area (TPSA) is 57.8 Å². The number of para-hydroxylation sites is 1. The first-order chi connectivity index (χ1) is 14.9. The Hall–Kier alpha value is -1.67. The van der Waals surface area contributed by atoms with Gasteiger partial charge in [0, 0.05) is 16.3 Å². The third-order valence-electron chi connectivity index (χ3n) is 6.28. The molecule has 0 aliphatic rings. The quantitative estimate of drug-likeness (QED) is 0.207. The van der Waals surface area contributed by atoms with Crippen LogP contribution in [0.4, 0.5) is 0 Å². The molecule has 0 saturated heterocycles. The molecule has 0 unspecified atom stereocenters. The van der Waals surface area contributed by atoms with E-state index in [4.69, 9.17) is 0 Å². The number of halogens is 1. The number of hydrogen-bond acceptors (Lipinski definition) is 2. The Morgan fingerprint density at radius 1 is 1.00 bits per heavy atom. The molecule has 3 aromatic rings. The summed E-state index contributed by atoms with van der Waals surface area (Å²) in [6.07, 6.45) is 9.32. The van der Waals surface area contributed by atoms with Crippen molar-refractivity contribution in [1.82, 2.24) is 15.3 Å². The van der Waals surface area contributed by atoms with Crippen LogP contribution in [-0.2, 0) is 0 Å². The summed E-state index contributed by atoms with van der Waals surface area (Å²) in [4.78, 5) is 20.8. The summed E-state index contributed by atoms with van der Waals surface area (Å²) in [7, 11) is 4.51. The summed E-state index contributed by atoms with van der Waals surface area (Å²) in [5, 5.41) is 5.27. The van der Waals surface area contributed by atoms with Crippen LogP contribution in [0.2, 0.25) is 0 Å². The Balaban J connectivity index is 0.00000363. The number of aromatic amines is 1. The fourth-order valence-corrected chi connectivity index (χ4v) is 4.29. The number of carbonyl (C=O) groups is 1. The number of hydrogen-bond donors (Lipinski definition) is 2. The first-order valence-corrected chi connectivity index (χ1v) is 11.9. The Labute approximate surface area is 210 Å². The van der Waals surface area contributed by atoms with Gasteiger partial charge in [-0.2, -0.15) is 0 Å². The van der Waals surface area contributed by atoms with Crippen LogP contribution in [0.1, 0.15) is 68.1 Å². The van der Waals surface area contributed by atoms with E-state index in [1.807, 2.05) is 25.1 Å². The van der Waals surface area contributed by atoms with Crippen LogP contribution < -0.4 is 29.3 Å². The number of likely N-dealkylation sites (N-methyl/N-ethyl adjacent to an activating group) is 1. The lowest BCUT2D eigenvalue weighted by molar-refractivity contribution is -0.889. The van der Waals surface area contributed by atoms with Gasteiger partial charge < -0.3 is 38.8 Å². The zero-order valence-electron chi connectivity index (χ0n) is 20.1. The number of nitrogens with one attached hydrogen (secondary N) is 2. The van der Waals surface area contributed by atoms with Crippen molar-refractivity contribution >= 4 is 27.7 Å². The minimum Gasteiger partial charge on any atom is -1.00 e. The summed E-state index contributed by atoms with van der Waals surface area (Å²) in [6, 6.07) is 10.1. The van der Waals surface area contributed by atoms with Gasteiger partial charge in [-0.15, -0.1) is 0 Å². The highest BCUT2D eigenvalue weighted by Crippen LogP contribution is 2.27. The summed E-state index contributed by atoms with van der Waals surface area (Å²) in [5.74, 6) is -0.0915. The Kier molecular flexibility index (Phi) is 10.4. The third-order valence-corrected chi connectivity index (χ3v) is 6.28. The average Bonchev–Trinajstić information content (AvgIpc) is 3.12. The minimum absolute atomic E-state index is 0. The number of benzene rings is 1. The summed E-state index contributed by atoms with van der Waals surface area (Å²) in [5.41, 5.74) is 3.43. The first-order valence-electron chi connectivity index (χ1n) is 11.9. The molecule has 2 N–H and O–H groups in total. The molecule has 5 nitrogen and oxygen atoms in total. The number of aryl methyl sites for hydroxylation is 1. The molecule has 1 aromatic carbocycles. The number of rotatable bonds is 12. The van der Waals surface area contributed by atoms with Crippen molar-refractivity contribution in [3.05, 3.63) is 41.7 Å². The van der Waals surface area contributed by atoms with Crippen LogP contribution in [0.25, 0.3) is 21.8 Å². The molecule has 0 atom stereocenters. The van der Waals surface area contributed by atoms with Crippen molar-refractivity contribution < 1.29 is 33.3 Å². The van der Waals surface area contributed by atoms with E-state index in [2.05, 4.69) is 48.4 Å². The zero-order chi connectivity index (χ0) is 22.3. The molecule has 0 fully saturated rings. The van der Waals surface area contributed by atoms with E-state index in [0.29, 0.717) is 12.2 Å². The molecule has 0 spiro atoms. The van der Waals surface area contributed by atoms with Gasteiger partial charge in [-0.25, -0.2) is 4.98 Å². The fourth-order valence-electron chi connectivity index (χ4n) is 4.29. The molecule has 1 amide bonds. The molecule has 0 aliphatic carbocycles. The number of fused-ring (bicyclic) bond motifs is 3. The Bertz CT molecular complexity index is 1010. The molecule has 0 radical (unpaired) electrons. The lowest BCUT2D eigenvalue weighted by Gasteiger charge is -2.30. The van der Waals surface area contributed by atoms with E-state index in [0.717, 1.165) is 45.1 Å². The summed E-state index contributed by atoms with van der Waals surface area (Å²) < 4.78 is 0.934. The standard InChI is InChI=1S/C26H38N4O.HI/c1-5-6-7-8-9-10-13-17-30(3,4)18-16-27-26(31)24-19-22-21-14-11-12-15-23(21)29-25(22)20(2)28-24;/h11-12,14-15,19H,5-10,13,16-18H2,1-4H3,(H-,27,28,29,31);1H. The van der Waals surface area contributed by atoms with Crippen LogP contribution in [0.3, 0.4) is 0 Å². The van der Waals surface area contributed by atoms with Gasteiger partial charge in [-0.05, 0) is 31.9 Å². The van der Waals surface area contributed by atoms with E-state index in [1.165, 1.54) is 44.9 Å². The predicted molar refractivity (Wildman–Crippen MR) is 131 cm³/mol. The molecule has 0 aliphatic heterocycles. The normalized spacial score (nSPS) is 11.6. The van der Waals surface area contributed by atoms with Gasteiger partial charge in [-0.1, -0.05) is 57.2 Å². The lowest BCUT2D eigenvalue weighted by Crippen LogP contribution is -3.00. The van der Waals surface area contributed by atoms with Crippen molar-refractivity contribution in [1.29, 1.82) is 0 Å². The maximum absolute atomic E-state index is 12.8. The van der Waals surface area contributed by atoms with E-state index in [-0.39, 0.29) is 29.9 Å².